The third-order valence-corrected chi connectivity index (χ3v) is 3.90. The quantitative estimate of drug-likeness (QED) is 0.942. The van der Waals surface area contributed by atoms with Gasteiger partial charge in [-0.25, -0.2) is 4.79 Å². The van der Waals surface area contributed by atoms with E-state index >= 15 is 0 Å². The predicted molar refractivity (Wildman–Crippen MR) is 84.2 cm³/mol. The largest absolute Gasteiger partial charge is 0.353 e. The molecule has 1 aromatic heterocycles. The zero-order valence-corrected chi connectivity index (χ0v) is 12.5. The molecule has 1 heterocycles. The van der Waals surface area contributed by atoms with Gasteiger partial charge in [0.15, 0.2) is 0 Å². The van der Waals surface area contributed by atoms with Crippen molar-refractivity contribution in [3.05, 3.63) is 53.9 Å². The Morgan fingerprint density at radius 3 is 2.64 bits per heavy atom. The monoisotopic (exact) mass is 294 g/mol. The SMILES string of the molecule is Cn1cccc1CN(C(=O)Nc1ccc(C#N)cc1)C1CC1. The molecule has 5 nitrogen and oxygen atoms in total. The van der Waals surface area contributed by atoms with Crippen LogP contribution in [-0.2, 0) is 13.6 Å². The summed E-state index contributed by atoms with van der Waals surface area (Å²) in [7, 11) is 1.99. The Balaban J connectivity index is 1.70. The number of aryl methyl sites for hydroxylation is 1. The molecule has 1 aromatic carbocycles. The summed E-state index contributed by atoms with van der Waals surface area (Å²) in [5.41, 5.74) is 2.41. The Kier molecular flexibility index (Phi) is 3.84. The number of hydrogen-bond donors (Lipinski definition) is 1. The van der Waals surface area contributed by atoms with Gasteiger partial charge in [-0.2, -0.15) is 5.26 Å². The van der Waals surface area contributed by atoms with Gasteiger partial charge >= 0.3 is 6.03 Å². The van der Waals surface area contributed by atoms with Crippen LogP contribution in [0.2, 0.25) is 0 Å². The molecule has 1 N–H and O–H groups in total. The van der Waals surface area contributed by atoms with Gasteiger partial charge in [0.1, 0.15) is 0 Å². The number of nitrogens with zero attached hydrogens (tertiary/aromatic N) is 3. The molecule has 1 aliphatic rings. The van der Waals surface area contributed by atoms with Gasteiger partial charge in [-0.15, -0.1) is 0 Å². The Labute approximate surface area is 129 Å². The highest BCUT2D eigenvalue weighted by Gasteiger charge is 2.33. The second-order valence-corrected chi connectivity index (χ2v) is 5.59. The number of aromatic nitrogens is 1. The average molecular weight is 294 g/mol. The molecule has 0 bridgehead atoms. The highest BCUT2D eigenvalue weighted by atomic mass is 16.2. The summed E-state index contributed by atoms with van der Waals surface area (Å²) in [6.45, 7) is 0.607. The van der Waals surface area contributed by atoms with Gasteiger partial charge in [0.2, 0.25) is 0 Å². The number of urea groups is 1. The Morgan fingerprint density at radius 2 is 2.09 bits per heavy atom. The lowest BCUT2D eigenvalue weighted by molar-refractivity contribution is 0.205. The molecule has 0 aliphatic heterocycles. The van der Waals surface area contributed by atoms with Crippen molar-refractivity contribution in [3.8, 4) is 6.07 Å². The number of rotatable bonds is 4. The molecule has 0 atom stereocenters. The van der Waals surface area contributed by atoms with E-state index in [1.54, 1.807) is 24.3 Å². The summed E-state index contributed by atoms with van der Waals surface area (Å²) < 4.78 is 2.03. The molecule has 112 valence electrons. The number of hydrogen-bond acceptors (Lipinski definition) is 2. The number of nitriles is 1. The Hall–Kier alpha value is -2.74. The topological polar surface area (TPSA) is 61.1 Å². The summed E-state index contributed by atoms with van der Waals surface area (Å²) in [5.74, 6) is 0. The van der Waals surface area contributed by atoms with E-state index in [1.807, 2.05) is 34.8 Å². The van der Waals surface area contributed by atoms with Crippen LogP contribution in [0.4, 0.5) is 10.5 Å². The van der Waals surface area contributed by atoms with Crippen LogP contribution >= 0.6 is 0 Å². The molecule has 0 spiro atoms. The molecule has 1 aliphatic carbocycles. The second-order valence-electron chi connectivity index (χ2n) is 5.59. The van der Waals surface area contributed by atoms with E-state index in [1.165, 1.54) is 0 Å². The summed E-state index contributed by atoms with van der Waals surface area (Å²) in [5, 5.41) is 11.7. The third kappa shape index (κ3) is 3.12. The standard InChI is InChI=1S/C17H18N4O/c1-20-10-2-3-16(20)12-21(15-8-9-15)17(22)19-14-6-4-13(11-18)5-7-14/h2-7,10,15H,8-9,12H2,1H3,(H,19,22). The summed E-state index contributed by atoms with van der Waals surface area (Å²) in [6.07, 6.45) is 4.11. The van der Waals surface area contributed by atoms with Crippen LogP contribution in [0.25, 0.3) is 0 Å². The number of anilines is 1. The molecule has 2 aromatic rings. The Morgan fingerprint density at radius 1 is 1.36 bits per heavy atom. The molecule has 0 saturated heterocycles. The van der Waals surface area contributed by atoms with Crippen LogP contribution in [0.15, 0.2) is 42.6 Å². The van der Waals surface area contributed by atoms with Crippen molar-refractivity contribution >= 4 is 11.7 Å². The minimum Gasteiger partial charge on any atom is -0.353 e. The van der Waals surface area contributed by atoms with Gasteiger partial charge in [0.05, 0.1) is 18.2 Å². The maximum Gasteiger partial charge on any atom is 0.322 e. The molecule has 0 unspecified atom stereocenters. The second kappa shape index (κ2) is 5.94. The fourth-order valence-electron chi connectivity index (χ4n) is 2.41. The van der Waals surface area contributed by atoms with Crippen LogP contribution in [-0.4, -0.2) is 21.5 Å². The first-order chi connectivity index (χ1) is 10.7. The van der Waals surface area contributed by atoms with Crippen LogP contribution in [0, 0.1) is 11.3 Å². The van der Waals surface area contributed by atoms with Crippen molar-refractivity contribution in [2.45, 2.75) is 25.4 Å². The maximum atomic E-state index is 12.5. The van der Waals surface area contributed by atoms with Crippen LogP contribution in [0.5, 0.6) is 0 Å². The maximum absolute atomic E-state index is 12.5. The first kappa shape index (κ1) is 14.2. The van der Waals surface area contributed by atoms with Crippen molar-refractivity contribution in [1.82, 2.24) is 9.47 Å². The van der Waals surface area contributed by atoms with Crippen molar-refractivity contribution in [3.63, 3.8) is 0 Å². The number of benzene rings is 1. The zero-order chi connectivity index (χ0) is 15.5. The molecule has 1 saturated carbocycles. The summed E-state index contributed by atoms with van der Waals surface area (Å²) >= 11 is 0. The molecule has 1 fully saturated rings. The first-order valence-electron chi connectivity index (χ1n) is 7.35. The smallest absolute Gasteiger partial charge is 0.322 e. The van der Waals surface area contributed by atoms with E-state index in [2.05, 4.69) is 11.4 Å². The molecular formula is C17H18N4O. The van der Waals surface area contributed by atoms with Crippen molar-refractivity contribution in [1.29, 1.82) is 5.26 Å². The normalized spacial score (nSPS) is 13.5. The van der Waals surface area contributed by atoms with Crippen LogP contribution in [0.3, 0.4) is 0 Å². The molecule has 5 heteroatoms. The summed E-state index contributed by atoms with van der Waals surface area (Å²) in [6, 6.07) is 13.2. The van der Waals surface area contributed by atoms with E-state index in [9.17, 15) is 4.79 Å². The van der Waals surface area contributed by atoms with E-state index < -0.39 is 0 Å². The van der Waals surface area contributed by atoms with E-state index in [0.717, 1.165) is 18.5 Å². The van der Waals surface area contributed by atoms with Crippen molar-refractivity contribution < 1.29 is 4.79 Å². The van der Waals surface area contributed by atoms with Crippen LogP contribution in [0.1, 0.15) is 24.1 Å². The minimum absolute atomic E-state index is 0.0894. The van der Waals surface area contributed by atoms with Crippen LogP contribution < -0.4 is 5.32 Å². The lowest BCUT2D eigenvalue weighted by Gasteiger charge is -2.23. The van der Waals surface area contributed by atoms with Gasteiger partial charge in [-0.1, -0.05) is 0 Å². The summed E-state index contributed by atoms with van der Waals surface area (Å²) in [4.78, 5) is 14.4. The first-order valence-corrected chi connectivity index (χ1v) is 7.35. The zero-order valence-electron chi connectivity index (χ0n) is 12.5. The highest BCUT2D eigenvalue weighted by molar-refractivity contribution is 5.89. The molecular weight excluding hydrogens is 276 g/mol. The van der Waals surface area contributed by atoms with Gasteiger partial charge in [0, 0.05) is 30.7 Å². The molecule has 0 radical (unpaired) electrons. The van der Waals surface area contributed by atoms with Crippen molar-refractivity contribution in [2.24, 2.45) is 7.05 Å². The average Bonchev–Trinajstić information content (AvgIpc) is 3.28. The molecule has 2 amide bonds. The predicted octanol–water partition coefficient (Wildman–Crippen LogP) is 3.09. The minimum atomic E-state index is -0.0894. The Bertz CT molecular complexity index is 707. The van der Waals surface area contributed by atoms with Gasteiger partial charge < -0.3 is 14.8 Å². The van der Waals surface area contributed by atoms with E-state index in [0.29, 0.717) is 23.8 Å². The van der Waals surface area contributed by atoms with E-state index in [-0.39, 0.29) is 6.03 Å². The number of carbonyl (C=O) groups is 1. The molecule has 22 heavy (non-hydrogen) atoms. The lowest BCUT2D eigenvalue weighted by Crippen LogP contribution is -2.36. The van der Waals surface area contributed by atoms with E-state index in [4.69, 9.17) is 5.26 Å². The third-order valence-electron chi connectivity index (χ3n) is 3.90. The van der Waals surface area contributed by atoms with Crippen molar-refractivity contribution in [2.75, 3.05) is 5.32 Å². The molecule has 3 rings (SSSR count). The lowest BCUT2D eigenvalue weighted by atomic mass is 10.2. The fourth-order valence-corrected chi connectivity index (χ4v) is 2.41. The number of nitrogens with one attached hydrogen (secondary N) is 1. The van der Waals surface area contributed by atoms with Gasteiger partial charge in [-0.05, 0) is 49.2 Å². The number of amides is 2. The van der Waals surface area contributed by atoms with Gasteiger partial charge in [0.25, 0.3) is 0 Å². The highest BCUT2D eigenvalue weighted by Crippen LogP contribution is 2.29. The fraction of sp³-hybridized carbons (Fsp3) is 0.294. The van der Waals surface area contributed by atoms with Gasteiger partial charge in [-0.3, -0.25) is 0 Å². The number of carbonyl (C=O) groups excluding carboxylic acids is 1.